The fourth-order valence-corrected chi connectivity index (χ4v) is 3.61. The van der Waals surface area contributed by atoms with Crippen LogP contribution in [-0.4, -0.2) is 11.7 Å². The zero-order valence-electron chi connectivity index (χ0n) is 12.5. The van der Waals surface area contributed by atoms with E-state index in [1.165, 1.54) is 23.3 Å². The van der Waals surface area contributed by atoms with Gasteiger partial charge in [-0.2, -0.15) is 0 Å². The number of carbonyl (C=O) groups is 1. The minimum Gasteiger partial charge on any atom is -0.349 e. The number of rotatable bonds is 4. The number of halogens is 2. The van der Waals surface area contributed by atoms with Crippen LogP contribution >= 0.6 is 11.8 Å². The van der Waals surface area contributed by atoms with Gasteiger partial charge in [-0.1, -0.05) is 24.3 Å². The summed E-state index contributed by atoms with van der Waals surface area (Å²) in [6.07, 6.45) is 3.00. The number of hydrogen-bond acceptors (Lipinski definition) is 2. The first-order valence-corrected chi connectivity index (χ1v) is 8.57. The van der Waals surface area contributed by atoms with Crippen LogP contribution in [0.25, 0.3) is 0 Å². The summed E-state index contributed by atoms with van der Waals surface area (Å²) < 4.78 is 26.4. The topological polar surface area (TPSA) is 29.1 Å². The number of aryl methyl sites for hydroxylation is 1. The van der Waals surface area contributed by atoms with Gasteiger partial charge >= 0.3 is 0 Å². The van der Waals surface area contributed by atoms with E-state index in [9.17, 15) is 13.6 Å². The van der Waals surface area contributed by atoms with Gasteiger partial charge in [-0.15, -0.1) is 11.8 Å². The maximum Gasteiger partial charge on any atom is 0.230 e. The molecule has 0 saturated heterocycles. The highest BCUT2D eigenvalue weighted by Gasteiger charge is 2.21. The van der Waals surface area contributed by atoms with Crippen LogP contribution in [-0.2, 0) is 11.2 Å². The summed E-state index contributed by atoms with van der Waals surface area (Å²) in [4.78, 5) is 12.4. The summed E-state index contributed by atoms with van der Waals surface area (Å²) in [6.45, 7) is 0. The molecule has 1 atom stereocenters. The monoisotopic (exact) mass is 333 g/mol. The number of fused-ring (bicyclic) bond motifs is 1. The van der Waals surface area contributed by atoms with E-state index in [0.717, 1.165) is 37.1 Å². The summed E-state index contributed by atoms with van der Waals surface area (Å²) >= 11 is 1.08. The van der Waals surface area contributed by atoms with Crippen molar-refractivity contribution >= 4 is 17.7 Å². The van der Waals surface area contributed by atoms with Crippen molar-refractivity contribution in [2.45, 2.75) is 30.2 Å². The Morgan fingerprint density at radius 3 is 2.87 bits per heavy atom. The van der Waals surface area contributed by atoms with Gasteiger partial charge in [-0.3, -0.25) is 4.79 Å². The second-order valence-corrected chi connectivity index (χ2v) is 6.59. The molecule has 0 fully saturated rings. The van der Waals surface area contributed by atoms with E-state index in [4.69, 9.17) is 0 Å². The second-order valence-electron chi connectivity index (χ2n) is 5.57. The molecule has 5 heteroatoms. The predicted octanol–water partition coefficient (Wildman–Crippen LogP) is 4.25. The molecule has 3 rings (SSSR count). The first kappa shape index (κ1) is 16.0. The Morgan fingerprint density at radius 2 is 2.04 bits per heavy atom. The van der Waals surface area contributed by atoms with Gasteiger partial charge in [0, 0.05) is 11.0 Å². The molecular weight excluding hydrogens is 316 g/mol. The van der Waals surface area contributed by atoms with Gasteiger partial charge < -0.3 is 5.32 Å². The third-order valence-corrected chi connectivity index (χ3v) is 5.01. The van der Waals surface area contributed by atoms with Crippen molar-refractivity contribution in [1.29, 1.82) is 0 Å². The molecular formula is C18H17F2NOS. The van der Waals surface area contributed by atoms with E-state index in [2.05, 4.69) is 11.4 Å². The van der Waals surface area contributed by atoms with Crippen LogP contribution in [0.5, 0.6) is 0 Å². The average molecular weight is 333 g/mol. The fraction of sp³-hybridized carbons (Fsp3) is 0.278. The van der Waals surface area contributed by atoms with Gasteiger partial charge in [-0.05, 0) is 42.5 Å². The standard InChI is InChI=1S/C18H17F2NOS/c19-13-8-9-17(15(20)10-13)23-11-18(22)21-16-7-3-5-12-4-1-2-6-14(12)16/h1-2,4,6,8-10,16H,3,5,7,11H2,(H,21,22)/t16-/m1/s1. The van der Waals surface area contributed by atoms with Crippen molar-refractivity contribution in [3.05, 3.63) is 65.2 Å². The Hall–Kier alpha value is -1.88. The second kappa shape index (κ2) is 7.13. The highest BCUT2D eigenvalue weighted by molar-refractivity contribution is 8.00. The molecule has 2 aromatic carbocycles. The van der Waals surface area contributed by atoms with Crippen LogP contribution in [0.15, 0.2) is 47.4 Å². The lowest BCUT2D eigenvalue weighted by molar-refractivity contribution is -0.119. The van der Waals surface area contributed by atoms with Gasteiger partial charge in [0.1, 0.15) is 11.6 Å². The molecule has 0 heterocycles. The smallest absolute Gasteiger partial charge is 0.230 e. The minimum atomic E-state index is -0.634. The Morgan fingerprint density at radius 1 is 1.22 bits per heavy atom. The summed E-state index contributed by atoms with van der Waals surface area (Å²) in [5.41, 5.74) is 2.45. The third kappa shape index (κ3) is 3.91. The largest absolute Gasteiger partial charge is 0.349 e. The molecule has 1 aliphatic rings. The Kier molecular flexibility index (Phi) is 4.96. The number of hydrogen-bond donors (Lipinski definition) is 1. The van der Waals surface area contributed by atoms with E-state index in [1.54, 1.807) is 0 Å². The lowest BCUT2D eigenvalue weighted by Gasteiger charge is -2.26. The van der Waals surface area contributed by atoms with Crippen molar-refractivity contribution in [1.82, 2.24) is 5.32 Å². The maximum atomic E-state index is 13.6. The SMILES string of the molecule is O=C(CSc1ccc(F)cc1F)N[C@@H]1CCCc2ccccc21. The molecule has 0 spiro atoms. The lowest BCUT2D eigenvalue weighted by Crippen LogP contribution is -2.32. The maximum absolute atomic E-state index is 13.6. The number of amides is 1. The quantitative estimate of drug-likeness (QED) is 0.848. The zero-order valence-corrected chi connectivity index (χ0v) is 13.3. The minimum absolute atomic E-state index is 0.0196. The lowest BCUT2D eigenvalue weighted by atomic mass is 9.88. The molecule has 2 nitrogen and oxygen atoms in total. The van der Waals surface area contributed by atoms with Crippen molar-refractivity contribution in [3.8, 4) is 0 Å². The molecule has 23 heavy (non-hydrogen) atoms. The van der Waals surface area contributed by atoms with E-state index in [1.807, 2.05) is 18.2 Å². The van der Waals surface area contributed by atoms with Crippen LogP contribution < -0.4 is 5.32 Å². The van der Waals surface area contributed by atoms with Crippen LogP contribution in [0.1, 0.15) is 30.0 Å². The summed E-state index contributed by atoms with van der Waals surface area (Å²) in [7, 11) is 0. The van der Waals surface area contributed by atoms with Gasteiger partial charge in [0.25, 0.3) is 0 Å². The van der Waals surface area contributed by atoms with Crippen LogP contribution in [0.2, 0.25) is 0 Å². The molecule has 0 radical (unpaired) electrons. The molecule has 1 aliphatic carbocycles. The number of benzene rings is 2. The van der Waals surface area contributed by atoms with Crippen LogP contribution in [0.3, 0.4) is 0 Å². The van der Waals surface area contributed by atoms with Gasteiger partial charge in [0.15, 0.2) is 0 Å². The predicted molar refractivity (Wildman–Crippen MR) is 87.3 cm³/mol. The van der Waals surface area contributed by atoms with E-state index in [-0.39, 0.29) is 22.6 Å². The molecule has 2 aromatic rings. The Bertz CT molecular complexity index is 720. The molecule has 1 N–H and O–H groups in total. The highest BCUT2D eigenvalue weighted by atomic mass is 32.2. The molecule has 0 bridgehead atoms. The molecule has 120 valence electrons. The Balaban J connectivity index is 1.60. The van der Waals surface area contributed by atoms with Crippen molar-refractivity contribution in [2.24, 2.45) is 0 Å². The first-order valence-electron chi connectivity index (χ1n) is 7.58. The molecule has 1 amide bonds. The van der Waals surface area contributed by atoms with Crippen LogP contribution in [0, 0.1) is 11.6 Å². The third-order valence-electron chi connectivity index (χ3n) is 3.96. The molecule has 0 saturated carbocycles. The Labute approximate surface area is 138 Å². The normalized spacial score (nSPS) is 16.7. The van der Waals surface area contributed by atoms with E-state index in [0.29, 0.717) is 0 Å². The first-order chi connectivity index (χ1) is 11.1. The summed E-state index contributed by atoms with van der Waals surface area (Å²) in [5.74, 6) is -1.28. The average Bonchev–Trinajstić information content (AvgIpc) is 2.54. The zero-order chi connectivity index (χ0) is 16.2. The molecule has 0 aromatic heterocycles. The molecule has 0 unspecified atom stereocenters. The van der Waals surface area contributed by atoms with Gasteiger partial charge in [-0.25, -0.2) is 8.78 Å². The van der Waals surface area contributed by atoms with Crippen molar-refractivity contribution < 1.29 is 13.6 Å². The van der Waals surface area contributed by atoms with Crippen molar-refractivity contribution in [2.75, 3.05) is 5.75 Å². The van der Waals surface area contributed by atoms with E-state index < -0.39 is 11.6 Å². The number of carbonyl (C=O) groups excluding carboxylic acids is 1. The number of nitrogens with one attached hydrogen (secondary N) is 1. The van der Waals surface area contributed by atoms with Gasteiger partial charge in [0.2, 0.25) is 5.91 Å². The summed E-state index contributed by atoms with van der Waals surface area (Å²) in [5, 5.41) is 3.02. The highest BCUT2D eigenvalue weighted by Crippen LogP contribution is 2.29. The molecule has 0 aliphatic heterocycles. The fourth-order valence-electron chi connectivity index (χ4n) is 2.88. The summed E-state index contributed by atoms with van der Waals surface area (Å²) in [6, 6.07) is 11.5. The number of thioether (sulfide) groups is 1. The van der Waals surface area contributed by atoms with Crippen molar-refractivity contribution in [3.63, 3.8) is 0 Å². The van der Waals surface area contributed by atoms with E-state index >= 15 is 0 Å². The van der Waals surface area contributed by atoms with Crippen LogP contribution in [0.4, 0.5) is 8.78 Å². The van der Waals surface area contributed by atoms with Gasteiger partial charge in [0.05, 0.1) is 11.8 Å².